The van der Waals surface area contributed by atoms with Crippen LogP contribution in [-0.2, 0) is 4.79 Å². The number of hydrogen-bond donors (Lipinski definition) is 2. The largest absolute Gasteiger partial charge is 0.359 e. The van der Waals surface area contributed by atoms with Gasteiger partial charge in [0.15, 0.2) is 0 Å². The molecule has 0 saturated carbocycles. The maximum Gasteiger partial charge on any atom is 0.207 e. The Morgan fingerprint density at radius 1 is 1.29 bits per heavy atom. The molecular weight excluding hydrogens is 302 g/mol. The van der Waals surface area contributed by atoms with Crippen molar-refractivity contribution < 1.29 is 4.79 Å². The normalized spacial score (nSPS) is 12.8. The second-order valence-electron chi connectivity index (χ2n) is 6.56. The summed E-state index contributed by atoms with van der Waals surface area (Å²) < 4.78 is 0. The number of rotatable bonds is 8. The Bertz CT molecular complexity index is 827. The Balaban J connectivity index is 2.02. The molecule has 0 bridgehead atoms. The van der Waals surface area contributed by atoms with E-state index in [0.717, 1.165) is 53.3 Å². The smallest absolute Gasteiger partial charge is 0.207 e. The average molecular weight is 325 g/mol. The number of nitrogens with one attached hydrogen (secondary N) is 2. The van der Waals surface area contributed by atoms with Gasteiger partial charge in [-0.15, -0.1) is 0 Å². The van der Waals surface area contributed by atoms with Gasteiger partial charge in [0, 0.05) is 29.4 Å². The summed E-state index contributed by atoms with van der Waals surface area (Å²) in [4.78, 5) is 27.1. The molecule has 1 atom stereocenters. The molecule has 3 aromatic heterocycles. The number of carbonyl (C=O) groups excluding carboxylic acids is 1. The van der Waals surface area contributed by atoms with Crippen LogP contribution in [0.4, 0.5) is 0 Å². The summed E-state index contributed by atoms with van der Waals surface area (Å²) in [6.07, 6.45) is 9.07. The lowest BCUT2D eigenvalue weighted by atomic mass is 9.88. The summed E-state index contributed by atoms with van der Waals surface area (Å²) in [5.41, 5.74) is 2.84. The lowest BCUT2D eigenvalue weighted by Gasteiger charge is -2.20. The van der Waals surface area contributed by atoms with Crippen molar-refractivity contribution in [1.29, 1.82) is 0 Å². The van der Waals surface area contributed by atoms with E-state index in [1.807, 2.05) is 12.3 Å². The number of pyridine rings is 1. The van der Waals surface area contributed by atoms with Crippen LogP contribution in [0.25, 0.3) is 21.9 Å². The molecule has 3 rings (SSSR count). The number of aromatic amines is 1. The minimum Gasteiger partial charge on any atom is -0.359 e. The van der Waals surface area contributed by atoms with Crippen molar-refractivity contribution in [2.45, 2.75) is 39.0 Å². The predicted molar refractivity (Wildman–Crippen MR) is 94.7 cm³/mol. The fourth-order valence-electron chi connectivity index (χ4n) is 3.34. The van der Waals surface area contributed by atoms with Gasteiger partial charge in [0.25, 0.3) is 0 Å². The third-order valence-corrected chi connectivity index (χ3v) is 4.32. The monoisotopic (exact) mass is 325 g/mol. The van der Waals surface area contributed by atoms with Gasteiger partial charge in [-0.05, 0) is 31.2 Å². The van der Waals surface area contributed by atoms with Crippen LogP contribution < -0.4 is 5.32 Å². The summed E-state index contributed by atoms with van der Waals surface area (Å²) in [6, 6.07) is 2.04. The highest BCUT2D eigenvalue weighted by atomic mass is 16.1. The van der Waals surface area contributed by atoms with Gasteiger partial charge in [-0.2, -0.15) is 0 Å². The van der Waals surface area contributed by atoms with Crippen molar-refractivity contribution in [2.24, 2.45) is 5.92 Å². The van der Waals surface area contributed by atoms with Crippen molar-refractivity contribution in [3.8, 4) is 0 Å². The van der Waals surface area contributed by atoms with Crippen molar-refractivity contribution in [3.63, 3.8) is 0 Å². The summed E-state index contributed by atoms with van der Waals surface area (Å²) >= 11 is 0. The van der Waals surface area contributed by atoms with E-state index in [4.69, 9.17) is 0 Å². The number of fused-ring (bicyclic) bond motifs is 3. The van der Waals surface area contributed by atoms with Gasteiger partial charge in [0.05, 0.1) is 17.4 Å². The Hall–Kier alpha value is -2.50. The fraction of sp³-hybridized carbons (Fsp3) is 0.444. The minimum atomic E-state index is 0.337. The average Bonchev–Trinajstić information content (AvgIpc) is 3.05. The van der Waals surface area contributed by atoms with Gasteiger partial charge in [-0.3, -0.25) is 4.79 Å². The van der Waals surface area contributed by atoms with Gasteiger partial charge in [-0.1, -0.05) is 13.8 Å². The molecular formula is C18H23N5O. The van der Waals surface area contributed by atoms with E-state index >= 15 is 0 Å². The van der Waals surface area contributed by atoms with Crippen LogP contribution in [0.1, 0.15) is 44.7 Å². The molecule has 2 N–H and O–H groups in total. The number of H-pyrrole nitrogens is 1. The number of hydrogen-bond acceptors (Lipinski definition) is 4. The van der Waals surface area contributed by atoms with E-state index < -0.39 is 0 Å². The highest BCUT2D eigenvalue weighted by Crippen LogP contribution is 2.34. The lowest BCUT2D eigenvalue weighted by Crippen LogP contribution is -2.14. The maximum atomic E-state index is 10.4. The summed E-state index contributed by atoms with van der Waals surface area (Å²) in [5, 5.41) is 4.91. The van der Waals surface area contributed by atoms with Crippen LogP contribution in [0, 0.1) is 5.92 Å². The van der Waals surface area contributed by atoms with Gasteiger partial charge >= 0.3 is 0 Å². The second kappa shape index (κ2) is 7.38. The number of aromatic nitrogens is 4. The first kappa shape index (κ1) is 16.4. The van der Waals surface area contributed by atoms with Crippen molar-refractivity contribution >= 4 is 28.3 Å². The fourth-order valence-corrected chi connectivity index (χ4v) is 3.34. The predicted octanol–water partition coefficient (Wildman–Crippen LogP) is 3.16. The highest BCUT2D eigenvalue weighted by molar-refractivity contribution is 6.04. The molecule has 0 radical (unpaired) electrons. The molecule has 1 unspecified atom stereocenters. The van der Waals surface area contributed by atoms with E-state index in [0.29, 0.717) is 18.4 Å². The molecule has 0 aliphatic rings. The number of amides is 1. The molecule has 6 nitrogen and oxygen atoms in total. The Kier molecular flexibility index (Phi) is 5.03. The number of carbonyl (C=O) groups is 1. The molecule has 0 fully saturated rings. The standard InChI is InChI=1S/C18H23N5O/c1-12(2)8-13(4-3-6-19-11-24)17-16-14-5-7-20-18(14)21-9-15(16)22-10-23-17/h5,7,9-13H,3-4,6,8H2,1-2H3,(H,19,24)(H,20,21). The maximum absolute atomic E-state index is 10.4. The molecule has 0 spiro atoms. The Morgan fingerprint density at radius 3 is 2.96 bits per heavy atom. The second-order valence-corrected chi connectivity index (χ2v) is 6.56. The van der Waals surface area contributed by atoms with E-state index in [-0.39, 0.29) is 0 Å². The molecule has 0 aromatic carbocycles. The van der Waals surface area contributed by atoms with Gasteiger partial charge in [0.2, 0.25) is 6.41 Å². The van der Waals surface area contributed by atoms with Crippen LogP contribution in [0.5, 0.6) is 0 Å². The third-order valence-electron chi connectivity index (χ3n) is 4.32. The molecule has 0 aliphatic carbocycles. The highest BCUT2D eigenvalue weighted by Gasteiger charge is 2.20. The minimum absolute atomic E-state index is 0.337. The first-order valence-electron chi connectivity index (χ1n) is 8.44. The van der Waals surface area contributed by atoms with Crippen LogP contribution in [0.15, 0.2) is 24.8 Å². The zero-order valence-corrected chi connectivity index (χ0v) is 14.1. The van der Waals surface area contributed by atoms with Crippen molar-refractivity contribution in [2.75, 3.05) is 6.54 Å². The molecule has 1 amide bonds. The van der Waals surface area contributed by atoms with E-state index in [1.165, 1.54) is 0 Å². The first-order valence-corrected chi connectivity index (χ1v) is 8.44. The van der Waals surface area contributed by atoms with Crippen molar-refractivity contribution in [1.82, 2.24) is 25.3 Å². The van der Waals surface area contributed by atoms with Crippen LogP contribution in [0.3, 0.4) is 0 Å². The SMILES string of the molecule is CC(C)CC(CCCNC=O)c1ncnc2cnc3[nH]ccc3c12. The van der Waals surface area contributed by atoms with Gasteiger partial charge < -0.3 is 10.3 Å². The van der Waals surface area contributed by atoms with Crippen LogP contribution in [-0.4, -0.2) is 32.9 Å². The lowest BCUT2D eigenvalue weighted by molar-refractivity contribution is -0.109. The van der Waals surface area contributed by atoms with E-state index in [2.05, 4.69) is 39.1 Å². The molecule has 126 valence electrons. The Morgan fingerprint density at radius 2 is 2.17 bits per heavy atom. The topological polar surface area (TPSA) is 83.6 Å². The van der Waals surface area contributed by atoms with Crippen LogP contribution in [0.2, 0.25) is 0 Å². The summed E-state index contributed by atoms with van der Waals surface area (Å²) in [5.74, 6) is 0.909. The zero-order chi connectivity index (χ0) is 16.9. The molecule has 6 heteroatoms. The van der Waals surface area contributed by atoms with Gasteiger partial charge in [0.1, 0.15) is 12.0 Å². The molecule has 24 heavy (non-hydrogen) atoms. The zero-order valence-electron chi connectivity index (χ0n) is 14.1. The molecule has 0 saturated heterocycles. The third kappa shape index (κ3) is 3.37. The summed E-state index contributed by atoms with van der Waals surface area (Å²) in [6.45, 7) is 5.16. The van der Waals surface area contributed by atoms with Crippen molar-refractivity contribution in [3.05, 3.63) is 30.5 Å². The summed E-state index contributed by atoms with van der Waals surface area (Å²) in [7, 11) is 0. The first-order chi connectivity index (χ1) is 11.7. The quantitative estimate of drug-likeness (QED) is 0.492. The number of nitrogens with zero attached hydrogens (tertiary/aromatic N) is 3. The van der Waals surface area contributed by atoms with E-state index in [1.54, 1.807) is 12.5 Å². The van der Waals surface area contributed by atoms with E-state index in [9.17, 15) is 4.79 Å². The van der Waals surface area contributed by atoms with Crippen LogP contribution >= 0.6 is 0 Å². The molecule has 0 aliphatic heterocycles. The molecule has 3 heterocycles. The van der Waals surface area contributed by atoms with Gasteiger partial charge in [-0.25, -0.2) is 15.0 Å². The Labute approximate surface area is 141 Å². The molecule has 3 aromatic rings.